The van der Waals surface area contributed by atoms with Crippen molar-refractivity contribution in [3.63, 3.8) is 0 Å². The van der Waals surface area contributed by atoms with E-state index in [0.29, 0.717) is 0 Å². The van der Waals surface area contributed by atoms with Crippen LogP contribution in [0.5, 0.6) is 35.3 Å². The summed E-state index contributed by atoms with van der Waals surface area (Å²) in [5, 5.41) is 9.61. The Morgan fingerprint density at radius 1 is 0.897 bits per heavy atom. The predicted molar refractivity (Wildman–Crippen MR) is 101 cm³/mol. The second kappa shape index (κ2) is 8.76. The smallest absolute Gasteiger partial charge is 0.339 e. The van der Waals surface area contributed by atoms with E-state index in [-0.39, 0.29) is 51.1 Å². The number of carboxylic acids is 1. The number of ether oxygens (including phenoxy) is 4. The molecule has 0 aliphatic heterocycles. The fourth-order valence-electron chi connectivity index (χ4n) is 2.11. The van der Waals surface area contributed by atoms with E-state index >= 15 is 0 Å². The van der Waals surface area contributed by atoms with Crippen molar-refractivity contribution in [2.45, 2.75) is 0 Å². The molecule has 29 heavy (non-hydrogen) atoms. The van der Waals surface area contributed by atoms with Gasteiger partial charge in [-0.15, -0.1) is 0 Å². The number of methoxy groups -OCH3 is 2. The minimum atomic E-state index is -1.27. The van der Waals surface area contributed by atoms with Crippen LogP contribution in [0, 0.1) is 0 Å². The van der Waals surface area contributed by atoms with Crippen molar-refractivity contribution < 1.29 is 28.8 Å². The number of hydrogen-bond acceptors (Lipinski definition) is 9. The van der Waals surface area contributed by atoms with Gasteiger partial charge in [-0.3, -0.25) is 0 Å². The normalized spacial score (nSPS) is 10.3. The van der Waals surface area contributed by atoms with Gasteiger partial charge in [-0.05, 0) is 12.1 Å². The quantitative estimate of drug-likeness (QED) is 0.542. The molecule has 2 heterocycles. The van der Waals surface area contributed by atoms with Gasteiger partial charge < -0.3 is 24.1 Å². The lowest BCUT2D eigenvalue weighted by molar-refractivity contribution is 0.0693. The maximum atomic E-state index is 11.7. The van der Waals surface area contributed by atoms with Crippen LogP contribution in [0.15, 0.2) is 30.3 Å². The van der Waals surface area contributed by atoms with Crippen LogP contribution < -0.4 is 18.9 Å². The second-order valence-corrected chi connectivity index (χ2v) is 5.95. The predicted octanol–water partition coefficient (Wildman–Crippen LogP) is 3.87. The first-order valence-corrected chi connectivity index (χ1v) is 8.54. The second-order valence-electron chi connectivity index (χ2n) is 5.17. The highest BCUT2D eigenvalue weighted by Crippen LogP contribution is 2.37. The van der Waals surface area contributed by atoms with Gasteiger partial charge in [0.05, 0.1) is 14.2 Å². The van der Waals surface area contributed by atoms with Crippen LogP contribution in [-0.2, 0) is 0 Å². The van der Waals surface area contributed by atoms with Crippen LogP contribution in [0.1, 0.15) is 10.4 Å². The molecule has 2 aromatic heterocycles. The van der Waals surface area contributed by atoms with Gasteiger partial charge in [-0.25, -0.2) is 4.79 Å². The monoisotopic (exact) mass is 438 g/mol. The summed E-state index contributed by atoms with van der Waals surface area (Å²) in [6, 6.07) is 6.51. The third-order valence-corrected chi connectivity index (χ3v) is 3.71. The molecule has 0 radical (unpaired) electrons. The Morgan fingerprint density at radius 3 is 1.97 bits per heavy atom. The van der Waals surface area contributed by atoms with Crippen molar-refractivity contribution in [2.75, 3.05) is 14.2 Å². The summed E-state index contributed by atoms with van der Waals surface area (Å²) >= 11 is 11.8. The Labute approximate surface area is 174 Å². The standard InChI is InChI=1S/C17H12Cl2N4O6/c1-26-12-6-10(18)20-16(22-12)28-9-5-3-4-8(15(24)25)14(9)29-17-21-11(19)7-13(23-17)27-2/h3-7H,1-2H3,(H,24,25). The van der Waals surface area contributed by atoms with Crippen molar-refractivity contribution >= 4 is 29.2 Å². The topological polar surface area (TPSA) is 126 Å². The van der Waals surface area contributed by atoms with E-state index in [0.717, 1.165) is 0 Å². The number of para-hydroxylation sites is 1. The highest BCUT2D eigenvalue weighted by Gasteiger charge is 2.21. The molecule has 10 nitrogen and oxygen atoms in total. The molecule has 1 N–H and O–H groups in total. The van der Waals surface area contributed by atoms with Crippen molar-refractivity contribution in [2.24, 2.45) is 0 Å². The van der Waals surface area contributed by atoms with E-state index in [1.165, 1.54) is 44.6 Å². The summed E-state index contributed by atoms with van der Waals surface area (Å²) in [5.74, 6) is -1.23. The Morgan fingerprint density at radius 2 is 1.45 bits per heavy atom. The van der Waals surface area contributed by atoms with Crippen molar-refractivity contribution in [3.8, 4) is 35.3 Å². The van der Waals surface area contributed by atoms with Crippen LogP contribution in [0.3, 0.4) is 0 Å². The molecule has 150 valence electrons. The van der Waals surface area contributed by atoms with Crippen LogP contribution in [0.25, 0.3) is 0 Å². The summed E-state index contributed by atoms with van der Waals surface area (Å²) < 4.78 is 21.2. The number of rotatable bonds is 7. The van der Waals surface area contributed by atoms with Gasteiger partial charge in [0.2, 0.25) is 11.8 Å². The number of carboxylic acid groups (broad SMARTS) is 1. The van der Waals surface area contributed by atoms with Crippen LogP contribution in [-0.4, -0.2) is 45.2 Å². The lowest BCUT2D eigenvalue weighted by Gasteiger charge is -2.13. The first-order chi connectivity index (χ1) is 13.9. The van der Waals surface area contributed by atoms with Crippen LogP contribution in [0.4, 0.5) is 0 Å². The number of halogens is 2. The summed E-state index contributed by atoms with van der Waals surface area (Å²) in [5.41, 5.74) is -0.223. The van der Waals surface area contributed by atoms with Gasteiger partial charge in [-0.2, -0.15) is 19.9 Å². The number of aromatic carboxylic acids is 1. The van der Waals surface area contributed by atoms with Crippen LogP contribution >= 0.6 is 23.2 Å². The first kappa shape index (κ1) is 20.4. The molecular formula is C17H12Cl2N4O6. The van der Waals surface area contributed by atoms with Crippen molar-refractivity contribution in [3.05, 3.63) is 46.2 Å². The molecule has 0 aliphatic rings. The number of carbonyl (C=O) groups is 1. The molecule has 0 saturated heterocycles. The van der Waals surface area contributed by atoms with Gasteiger partial charge in [0.25, 0.3) is 0 Å². The molecule has 0 spiro atoms. The van der Waals surface area contributed by atoms with Crippen molar-refractivity contribution in [1.82, 2.24) is 19.9 Å². The zero-order valence-electron chi connectivity index (χ0n) is 14.9. The van der Waals surface area contributed by atoms with E-state index in [1.807, 2.05) is 0 Å². The van der Waals surface area contributed by atoms with Gasteiger partial charge >= 0.3 is 18.0 Å². The third kappa shape index (κ3) is 4.92. The zero-order chi connectivity index (χ0) is 21.0. The van der Waals surface area contributed by atoms with Gasteiger partial charge in [0, 0.05) is 12.1 Å². The number of benzene rings is 1. The minimum absolute atomic E-state index is 0.0308. The van der Waals surface area contributed by atoms with E-state index < -0.39 is 5.97 Å². The lowest BCUT2D eigenvalue weighted by atomic mass is 10.2. The Balaban J connectivity index is 2.05. The molecular weight excluding hydrogens is 427 g/mol. The molecule has 3 rings (SSSR count). The van der Waals surface area contributed by atoms with Gasteiger partial charge in [0.15, 0.2) is 11.5 Å². The summed E-state index contributed by atoms with van der Waals surface area (Å²) in [6.45, 7) is 0. The molecule has 0 amide bonds. The van der Waals surface area contributed by atoms with Gasteiger partial charge in [0.1, 0.15) is 15.9 Å². The minimum Gasteiger partial charge on any atom is -0.481 e. The fraction of sp³-hybridized carbons (Fsp3) is 0.118. The van der Waals surface area contributed by atoms with Gasteiger partial charge in [-0.1, -0.05) is 29.3 Å². The maximum Gasteiger partial charge on any atom is 0.339 e. The zero-order valence-corrected chi connectivity index (χ0v) is 16.4. The lowest BCUT2D eigenvalue weighted by Crippen LogP contribution is -2.04. The summed E-state index contributed by atoms with van der Waals surface area (Å²) in [6.07, 6.45) is 0. The van der Waals surface area contributed by atoms with Crippen molar-refractivity contribution in [1.29, 1.82) is 0 Å². The fourth-order valence-corrected chi connectivity index (χ4v) is 2.45. The maximum absolute atomic E-state index is 11.7. The SMILES string of the molecule is COc1cc(Cl)nc(Oc2cccc(C(=O)O)c2Oc2nc(Cl)cc(OC)n2)n1. The largest absolute Gasteiger partial charge is 0.481 e. The molecule has 1 aromatic carbocycles. The van der Waals surface area contributed by atoms with E-state index in [1.54, 1.807) is 0 Å². The molecule has 0 fully saturated rings. The van der Waals surface area contributed by atoms with E-state index in [4.69, 9.17) is 42.1 Å². The Bertz CT molecular complexity index is 1070. The number of nitrogens with zero attached hydrogens (tertiary/aromatic N) is 4. The molecule has 0 aliphatic carbocycles. The molecule has 0 unspecified atom stereocenters. The molecule has 0 bridgehead atoms. The highest BCUT2D eigenvalue weighted by atomic mass is 35.5. The average Bonchev–Trinajstić information content (AvgIpc) is 2.68. The Kier molecular flexibility index (Phi) is 6.15. The molecule has 3 aromatic rings. The Hall–Kier alpha value is -3.37. The third-order valence-electron chi connectivity index (χ3n) is 3.32. The van der Waals surface area contributed by atoms with E-state index in [2.05, 4.69) is 19.9 Å². The number of aromatic nitrogens is 4. The first-order valence-electron chi connectivity index (χ1n) is 7.78. The molecule has 0 saturated carbocycles. The molecule has 12 heteroatoms. The molecule has 0 atom stereocenters. The summed E-state index contributed by atoms with van der Waals surface area (Å²) in [4.78, 5) is 27.5. The summed E-state index contributed by atoms with van der Waals surface area (Å²) in [7, 11) is 2.78. The highest BCUT2D eigenvalue weighted by molar-refractivity contribution is 6.29. The average molecular weight is 439 g/mol. The van der Waals surface area contributed by atoms with E-state index in [9.17, 15) is 9.90 Å². The number of hydrogen-bond donors (Lipinski definition) is 1. The van der Waals surface area contributed by atoms with Crippen LogP contribution in [0.2, 0.25) is 10.3 Å².